The molecule has 0 radical (unpaired) electrons. The van der Waals surface area contributed by atoms with Gasteiger partial charge in [0.25, 0.3) is 0 Å². The standard InChI is InChI=1S/C14H29N3O.HI/c1-11-7-6-8-17(10-11)13(15)16-9-12(18-5)14(2,3)4;/h11-12H,6-10H2,1-5H3,(H2,15,16);1H. The molecule has 1 fully saturated rings. The third-order valence-corrected chi connectivity index (χ3v) is 3.65. The Bertz CT molecular complexity index is 289. The Kier molecular flexibility index (Phi) is 8.27. The van der Waals surface area contributed by atoms with Crippen LogP contribution in [0.1, 0.15) is 40.5 Å². The smallest absolute Gasteiger partial charge is 0.191 e. The van der Waals surface area contributed by atoms with Crippen LogP contribution in [0.2, 0.25) is 0 Å². The van der Waals surface area contributed by atoms with Gasteiger partial charge in [0.05, 0.1) is 12.6 Å². The van der Waals surface area contributed by atoms with Crippen molar-refractivity contribution in [3.05, 3.63) is 0 Å². The fraction of sp³-hybridized carbons (Fsp3) is 0.929. The monoisotopic (exact) mass is 383 g/mol. The number of hydrogen-bond acceptors (Lipinski definition) is 2. The number of ether oxygens (including phenoxy) is 1. The molecular formula is C14H30IN3O. The average molecular weight is 383 g/mol. The van der Waals surface area contributed by atoms with Gasteiger partial charge in [0.1, 0.15) is 0 Å². The van der Waals surface area contributed by atoms with Crippen molar-refractivity contribution in [2.75, 3.05) is 26.7 Å². The molecule has 114 valence electrons. The first-order valence-corrected chi connectivity index (χ1v) is 6.92. The van der Waals surface area contributed by atoms with Crippen LogP contribution < -0.4 is 5.73 Å². The molecule has 0 aromatic carbocycles. The highest BCUT2D eigenvalue weighted by Gasteiger charge is 2.24. The molecule has 1 aliphatic rings. The van der Waals surface area contributed by atoms with E-state index in [1.165, 1.54) is 12.8 Å². The summed E-state index contributed by atoms with van der Waals surface area (Å²) in [5, 5.41) is 0. The number of halogens is 1. The Morgan fingerprint density at radius 2 is 2.11 bits per heavy atom. The van der Waals surface area contributed by atoms with Crippen LogP contribution >= 0.6 is 24.0 Å². The van der Waals surface area contributed by atoms with Gasteiger partial charge in [0.2, 0.25) is 0 Å². The largest absolute Gasteiger partial charge is 0.379 e. The van der Waals surface area contributed by atoms with Gasteiger partial charge < -0.3 is 15.4 Å². The minimum absolute atomic E-state index is 0. The fourth-order valence-electron chi connectivity index (χ4n) is 2.38. The van der Waals surface area contributed by atoms with Crippen molar-refractivity contribution >= 4 is 29.9 Å². The number of nitrogens with two attached hydrogens (primary N) is 1. The molecular weight excluding hydrogens is 353 g/mol. The quantitative estimate of drug-likeness (QED) is 0.463. The van der Waals surface area contributed by atoms with Gasteiger partial charge in [-0.3, -0.25) is 4.99 Å². The van der Waals surface area contributed by atoms with Crippen molar-refractivity contribution in [3.8, 4) is 0 Å². The third-order valence-electron chi connectivity index (χ3n) is 3.65. The van der Waals surface area contributed by atoms with Crippen molar-refractivity contribution in [2.45, 2.75) is 46.6 Å². The molecule has 0 saturated carbocycles. The van der Waals surface area contributed by atoms with E-state index in [4.69, 9.17) is 10.5 Å². The van der Waals surface area contributed by atoms with Crippen LogP contribution in [0, 0.1) is 11.3 Å². The van der Waals surface area contributed by atoms with Crippen molar-refractivity contribution < 1.29 is 4.74 Å². The van der Waals surface area contributed by atoms with Gasteiger partial charge in [-0.15, -0.1) is 24.0 Å². The minimum atomic E-state index is 0. The van der Waals surface area contributed by atoms with Crippen molar-refractivity contribution in [3.63, 3.8) is 0 Å². The second kappa shape index (κ2) is 8.29. The molecule has 2 atom stereocenters. The number of likely N-dealkylation sites (tertiary alicyclic amines) is 1. The summed E-state index contributed by atoms with van der Waals surface area (Å²) in [4.78, 5) is 6.71. The van der Waals surface area contributed by atoms with Crippen LogP contribution in [0.5, 0.6) is 0 Å². The molecule has 1 aliphatic heterocycles. The van der Waals surface area contributed by atoms with E-state index < -0.39 is 0 Å². The molecule has 1 heterocycles. The highest BCUT2D eigenvalue weighted by molar-refractivity contribution is 14.0. The van der Waals surface area contributed by atoms with Crippen LogP contribution in [-0.4, -0.2) is 43.7 Å². The first kappa shape index (κ1) is 19.0. The summed E-state index contributed by atoms with van der Waals surface area (Å²) in [5.74, 6) is 1.39. The summed E-state index contributed by atoms with van der Waals surface area (Å²) in [6.45, 7) is 11.5. The van der Waals surface area contributed by atoms with E-state index >= 15 is 0 Å². The Balaban J connectivity index is 0.00000324. The van der Waals surface area contributed by atoms with Gasteiger partial charge in [-0.25, -0.2) is 0 Å². The Labute approximate surface area is 135 Å². The van der Waals surface area contributed by atoms with Crippen LogP contribution in [0.15, 0.2) is 4.99 Å². The number of methoxy groups -OCH3 is 1. The second-order valence-corrected chi connectivity index (χ2v) is 6.48. The SMILES string of the molecule is COC(CN=C(N)N1CCCC(C)C1)C(C)(C)C.I. The fourth-order valence-corrected chi connectivity index (χ4v) is 2.38. The van der Waals surface area contributed by atoms with Crippen LogP contribution in [0.3, 0.4) is 0 Å². The highest BCUT2D eigenvalue weighted by atomic mass is 127. The van der Waals surface area contributed by atoms with E-state index in [-0.39, 0.29) is 35.5 Å². The Morgan fingerprint density at radius 3 is 2.58 bits per heavy atom. The lowest BCUT2D eigenvalue weighted by Crippen LogP contribution is -2.44. The predicted molar refractivity (Wildman–Crippen MR) is 92.1 cm³/mol. The van der Waals surface area contributed by atoms with Crippen molar-refractivity contribution in [1.82, 2.24) is 4.90 Å². The zero-order chi connectivity index (χ0) is 13.8. The molecule has 19 heavy (non-hydrogen) atoms. The second-order valence-electron chi connectivity index (χ2n) is 6.48. The number of hydrogen-bond donors (Lipinski definition) is 1. The number of piperidine rings is 1. The van der Waals surface area contributed by atoms with Crippen LogP contribution in [-0.2, 0) is 4.74 Å². The highest BCUT2D eigenvalue weighted by Crippen LogP contribution is 2.22. The molecule has 0 aromatic heterocycles. The zero-order valence-corrected chi connectivity index (χ0v) is 15.3. The van der Waals surface area contributed by atoms with Gasteiger partial charge in [0, 0.05) is 20.2 Å². The van der Waals surface area contributed by atoms with Gasteiger partial charge in [-0.1, -0.05) is 27.7 Å². The van der Waals surface area contributed by atoms with E-state index in [2.05, 4.69) is 37.6 Å². The minimum Gasteiger partial charge on any atom is -0.379 e. The van der Waals surface area contributed by atoms with Gasteiger partial charge in [-0.05, 0) is 24.2 Å². The normalized spacial score (nSPS) is 22.9. The number of guanidine groups is 1. The molecule has 0 aromatic rings. The number of aliphatic imine (C=N–C) groups is 1. The van der Waals surface area contributed by atoms with Gasteiger partial charge >= 0.3 is 0 Å². The lowest BCUT2D eigenvalue weighted by atomic mass is 9.89. The lowest BCUT2D eigenvalue weighted by Gasteiger charge is -2.32. The van der Waals surface area contributed by atoms with Gasteiger partial charge in [0.15, 0.2) is 5.96 Å². The van der Waals surface area contributed by atoms with Crippen LogP contribution in [0.25, 0.3) is 0 Å². The van der Waals surface area contributed by atoms with E-state index in [1.54, 1.807) is 7.11 Å². The Hall–Kier alpha value is -0.0400. The van der Waals surface area contributed by atoms with Crippen LogP contribution in [0.4, 0.5) is 0 Å². The van der Waals surface area contributed by atoms with Crippen molar-refractivity contribution in [2.24, 2.45) is 22.1 Å². The maximum atomic E-state index is 6.08. The summed E-state index contributed by atoms with van der Waals surface area (Å²) in [6.07, 6.45) is 2.62. The summed E-state index contributed by atoms with van der Waals surface area (Å²) in [5.41, 5.74) is 6.17. The maximum absolute atomic E-state index is 6.08. The molecule has 1 rings (SSSR count). The third kappa shape index (κ3) is 6.29. The Morgan fingerprint density at radius 1 is 1.47 bits per heavy atom. The topological polar surface area (TPSA) is 50.9 Å². The van der Waals surface area contributed by atoms with E-state index in [1.807, 2.05) is 0 Å². The number of nitrogens with zero attached hydrogens (tertiary/aromatic N) is 2. The predicted octanol–water partition coefficient (Wildman–Crippen LogP) is 2.71. The first-order chi connectivity index (χ1) is 8.34. The molecule has 4 nitrogen and oxygen atoms in total. The zero-order valence-electron chi connectivity index (χ0n) is 13.0. The molecule has 0 bridgehead atoms. The number of rotatable bonds is 3. The molecule has 0 spiro atoms. The lowest BCUT2D eigenvalue weighted by molar-refractivity contribution is 0.0239. The van der Waals surface area contributed by atoms with Crippen molar-refractivity contribution in [1.29, 1.82) is 0 Å². The summed E-state index contributed by atoms with van der Waals surface area (Å²) < 4.78 is 5.49. The van der Waals surface area contributed by atoms with E-state index in [9.17, 15) is 0 Å². The molecule has 0 aliphatic carbocycles. The van der Waals surface area contributed by atoms with Gasteiger partial charge in [-0.2, -0.15) is 0 Å². The van der Waals surface area contributed by atoms with E-state index in [0.29, 0.717) is 18.4 Å². The summed E-state index contributed by atoms with van der Waals surface area (Å²) in [7, 11) is 1.74. The average Bonchev–Trinajstić information content (AvgIpc) is 2.27. The van der Waals surface area contributed by atoms with E-state index in [0.717, 1.165) is 13.1 Å². The summed E-state index contributed by atoms with van der Waals surface area (Å²) in [6, 6.07) is 0. The first-order valence-electron chi connectivity index (χ1n) is 6.92. The summed E-state index contributed by atoms with van der Waals surface area (Å²) >= 11 is 0. The molecule has 2 unspecified atom stereocenters. The molecule has 1 saturated heterocycles. The molecule has 5 heteroatoms. The maximum Gasteiger partial charge on any atom is 0.191 e. The molecule has 2 N–H and O–H groups in total. The molecule has 0 amide bonds.